The zero-order chi connectivity index (χ0) is 16.6. The maximum absolute atomic E-state index is 5.96. The Morgan fingerprint density at radius 1 is 1.20 bits per heavy atom. The van der Waals surface area contributed by atoms with Crippen molar-refractivity contribution in [3.63, 3.8) is 0 Å². The number of fused-ring (bicyclic) bond motifs is 1. The molecule has 0 bridgehead atoms. The largest absolute Gasteiger partial charge is 0.488 e. The number of ether oxygens (including phenoxy) is 1. The van der Waals surface area contributed by atoms with Gasteiger partial charge in [-0.05, 0) is 44.5 Å². The predicted octanol–water partition coefficient (Wildman–Crippen LogP) is 2.65. The first-order valence-electron chi connectivity index (χ1n) is 9.34. The van der Waals surface area contributed by atoms with Gasteiger partial charge in [0.2, 0.25) is 0 Å². The van der Waals surface area contributed by atoms with Crippen molar-refractivity contribution in [2.45, 2.75) is 38.7 Å². The summed E-state index contributed by atoms with van der Waals surface area (Å²) >= 11 is 0. The van der Waals surface area contributed by atoms with Crippen LogP contribution in [-0.4, -0.2) is 56.2 Å². The Morgan fingerprint density at radius 3 is 2.76 bits per heavy atom. The third-order valence-corrected chi connectivity index (χ3v) is 4.68. The molecule has 2 aliphatic rings. The summed E-state index contributed by atoms with van der Waals surface area (Å²) in [6.45, 7) is 8.18. The first-order valence-corrected chi connectivity index (χ1v) is 9.34. The second kappa shape index (κ2) is 10.9. The maximum Gasteiger partial charge on any atom is 0.191 e. The molecule has 3 rings (SSSR count). The Bertz CT molecular complexity index is 521. The Balaban J connectivity index is 0.00000225. The first kappa shape index (κ1) is 20.3. The minimum atomic E-state index is 0. The van der Waals surface area contributed by atoms with E-state index in [9.17, 15) is 0 Å². The van der Waals surface area contributed by atoms with E-state index >= 15 is 0 Å². The SMILES string of the molecule is CCNC(=NCC1Cc2ccccc2O1)NCCN1CCCCC1.I. The molecule has 0 aromatic heterocycles. The molecule has 1 saturated heterocycles. The monoisotopic (exact) mass is 458 g/mol. The number of nitrogens with zero attached hydrogens (tertiary/aromatic N) is 2. The van der Waals surface area contributed by atoms with Gasteiger partial charge in [-0.2, -0.15) is 0 Å². The lowest BCUT2D eigenvalue weighted by atomic mass is 10.1. The zero-order valence-electron chi connectivity index (χ0n) is 15.2. The van der Waals surface area contributed by atoms with E-state index in [1.165, 1.54) is 37.9 Å². The Kier molecular flexibility index (Phi) is 8.81. The molecule has 140 valence electrons. The van der Waals surface area contributed by atoms with Gasteiger partial charge in [0, 0.05) is 26.1 Å². The summed E-state index contributed by atoms with van der Waals surface area (Å²) in [4.78, 5) is 7.25. The number of hydrogen-bond donors (Lipinski definition) is 2. The molecule has 0 amide bonds. The van der Waals surface area contributed by atoms with Crippen LogP contribution in [0.25, 0.3) is 0 Å². The van der Waals surface area contributed by atoms with Crippen molar-refractivity contribution in [2.75, 3.05) is 39.3 Å². The summed E-state index contributed by atoms with van der Waals surface area (Å²) < 4.78 is 5.96. The number of likely N-dealkylation sites (tertiary alicyclic amines) is 1. The predicted molar refractivity (Wildman–Crippen MR) is 114 cm³/mol. The molecule has 1 aromatic carbocycles. The van der Waals surface area contributed by atoms with E-state index in [1.807, 2.05) is 12.1 Å². The zero-order valence-corrected chi connectivity index (χ0v) is 17.5. The van der Waals surface area contributed by atoms with Crippen molar-refractivity contribution < 1.29 is 4.74 Å². The van der Waals surface area contributed by atoms with Crippen molar-refractivity contribution in [3.8, 4) is 5.75 Å². The van der Waals surface area contributed by atoms with Gasteiger partial charge < -0.3 is 20.3 Å². The highest BCUT2D eigenvalue weighted by Crippen LogP contribution is 2.28. The second-order valence-corrected chi connectivity index (χ2v) is 6.60. The lowest BCUT2D eigenvalue weighted by Crippen LogP contribution is -2.43. The molecule has 1 aromatic rings. The normalized spacial score (nSPS) is 20.4. The van der Waals surface area contributed by atoms with E-state index in [-0.39, 0.29) is 30.1 Å². The van der Waals surface area contributed by atoms with Gasteiger partial charge in [0.05, 0.1) is 6.54 Å². The van der Waals surface area contributed by atoms with Crippen molar-refractivity contribution >= 4 is 29.9 Å². The van der Waals surface area contributed by atoms with E-state index in [0.29, 0.717) is 6.54 Å². The van der Waals surface area contributed by atoms with E-state index < -0.39 is 0 Å². The summed E-state index contributed by atoms with van der Waals surface area (Å²) in [5, 5.41) is 6.79. The van der Waals surface area contributed by atoms with Crippen molar-refractivity contribution in [1.29, 1.82) is 0 Å². The van der Waals surface area contributed by atoms with Gasteiger partial charge in [-0.3, -0.25) is 0 Å². The highest BCUT2D eigenvalue weighted by molar-refractivity contribution is 14.0. The number of nitrogens with one attached hydrogen (secondary N) is 2. The van der Waals surface area contributed by atoms with Crippen LogP contribution >= 0.6 is 24.0 Å². The van der Waals surface area contributed by atoms with Crippen LogP contribution in [0.15, 0.2) is 29.3 Å². The highest BCUT2D eigenvalue weighted by Gasteiger charge is 2.21. The molecule has 6 heteroatoms. The van der Waals surface area contributed by atoms with E-state index in [4.69, 9.17) is 9.73 Å². The van der Waals surface area contributed by atoms with Gasteiger partial charge in [-0.1, -0.05) is 24.6 Å². The molecular weight excluding hydrogens is 427 g/mol. The van der Waals surface area contributed by atoms with Gasteiger partial charge in [-0.25, -0.2) is 4.99 Å². The maximum atomic E-state index is 5.96. The van der Waals surface area contributed by atoms with Gasteiger partial charge in [0.15, 0.2) is 5.96 Å². The fraction of sp³-hybridized carbons (Fsp3) is 0.632. The molecule has 0 spiro atoms. The second-order valence-electron chi connectivity index (χ2n) is 6.60. The lowest BCUT2D eigenvalue weighted by Gasteiger charge is -2.26. The van der Waals surface area contributed by atoms with Crippen LogP contribution in [0.2, 0.25) is 0 Å². The summed E-state index contributed by atoms with van der Waals surface area (Å²) in [5.74, 6) is 1.91. The number of guanidine groups is 1. The van der Waals surface area contributed by atoms with Gasteiger partial charge >= 0.3 is 0 Å². The third kappa shape index (κ3) is 6.33. The Labute approximate surface area is 168 Å². The van der Waals surface area contributed by atoms with E-state index in [2.05, 4.69) is 34.6 Å². The van der Waals surface area contributed by atoms with Gasteiger partial charge in [0.1, 0.15) is 11.9 Å². The van der Waals surface area contributed by atoms with Crippen LogP contribution in [0.4, 0.5) is 0 Å². The summed E-state index contributed by atoms with van der Waals surface area (Å²) in [7, 11) is 0. The third-order valence-electron chi connectivity index (χ3n) is 4.68. The minimum absolute atomic E-state index is 0. The fourth-order valence-electron chi connectivity index (χ4n) is 3.41. The molecule has 1 fully saturated rings. The molecule has 1 unspecified atom stereocenters. The van der Waals surface area contributed by atoms with Crippen molar-refractivity contribution in [1.82, 2.24) is 15.5 Å². The molecule has 0 saturated carbocycles. The summed E-state index contributed by atoms with van der Waals surface area (Å²) in [6.07, 6.45) is 5.17. The number of aliphatic imine (C=N–C) groups is 1. The summed E-state index contributed by atoms with van der Waals surface area (Å²) in [5.41, 5.74) is 1.29. The number of halogens is 1. The van der Waals surface area contributed by atoms with E-state index in [1.54, 1.807) is 0 Å². The van der Waals surface area contributed by atoms with Crippen LogP contribution in [-0.2, 0) is 6.42 Å². The van der Waals surface area contributed by atoms with Gasteiger partial charge in [0.25, 0.3) is 0 Å². The first-order chi connectivity index (χ1) is 11.8. The standard InChI is InChI=1S/C19H30N4O.HI/c1-2-20-19(21-10-13-23-11-6-3-7-12-23)22-15-17-14-16-8-4-5-9-18(16)24-17;/h4-5,8-9,17H,2-3,6-7,10-15H2,1H3,(H2,20,21,22);1H. The molecule has 0 radical (unpaired) electrons. The van der Waals surface area contributed by atoms with Crippen molar-refractivity contribution in [3.05, 3.63) is 29.8 Å². The van der Waals surface area contributed by atoms with Crippen LogP contribution in [0, 0.1) is 0 Å². The average Bonchev–Trinajstić information content (AvgIpc) is 3.03. The molecule has 1 atom stereocenters. The molecule has 5 nitrogen and oxygen atoms in total. The molecule has 2 N–H and O–H groups in total. The summed E-state index contributed by atoms with van der Waals surface area (Å²) in [6, 6.07) is 8.28. The molecule has 25 heavy (non-hydrogen) atoms. The van der Waals surface area contributed by atoms with E-state index in [0.717, 1.165) is 37.8 Å². The highest BCUT2D eigenvalue weighted by atomic mass is 127. The molecule has 2 heterocycles. The van der Waals surface area contributed by atoms with Crippen LogP contribution in [0.1, 0.15) is 31.7 Å². The van der Waals surface area contributed by atoms with Crippen molar-refractivity contribution in [2.24, 2.45) is 4.99 Å². The molecule has 0 aliphatic carbocycles. The average molecular weight is 458 g/mol. The number of para-hydroxylation sites is 1. The number of rotatable bonds is 6. The molecular formula is C19H31IN4O. The number of piperidine rings is 1. The Hall–Kier alpha value is -1.02. The fourth-order valence-corrected chi connectivity index (χ4v) is 3.41. The van der Waals surface area contributed by atoms with Crippen LogP contribution in [0.5, 0.6) is 5.75 Å². The number of hydrogen-bond acceptors (Lipinski definition) is 3. The topological polar surface area (TPSA) is 48.9 Å². The minimum Gasteiger partial charge on any atom is -0.488 e. The number of benzene rings is 1. The quantitative estimate of drug-likeness (QED) is 0.391. The smallest absolute Gasteiger partial charge is 0.191 e. The van der Waals surface area contributed by atoms with Gasteiger partial charge in [-0.15, -0.1) is 24.0 Å². The Morgan fingerprint density at radius 2 is 2.00 bits per heavy atom. The lowest BCUT2D eigenvalue weighted by molar-refractivity contribution is 0.232. The molecule has 2 aliphatic heterocycles. The van der Waals surface area contributed by atoms with Crippen LogP contribution < -0.4 is 15.4 Å². The van der Waals surface area contributed by atoms with Crippen LogP contribution in [0.3, 0.4) is 0 Å².